The van der Waals surface area contributed by atoms with Crippen LogP contribution in [0.5, 0.6) is 5.75 Å². The fourth-order valence-electron chi connectivity index (χ4n) is 1.54. The second-order valence-electron chi connectivity index (χ2n) is 3.93. The van der Waals surface area contributed by atoms with E-state index in [9.17, 15) is 13.2 Å². The van der Waals surface area contributed by atoms with Crippen LogP contribution in [0.25, 0.3) is 0 Å². The number of ether oxygens (including phenoxy) is 1. The molecule has 18 heavy (non-hydrogen) atoms. The molecule has 0 aliphatic carbocycles. The Morgan fingerprint density at radius 1 is 1.33 bits per heavy atom. The van der Waals surface area contributed by atoms with Crippen LogP contribution in [0.15, 0.2) is 24.3 Å². The van der Waals surface area contributed by atoms with Crippen molar-refractivity contribution in [3.8, 4) is 5.75 Å². The highest BCUT2D eigenvalue weighted by atomic mass is 19.4. The smallest absolute Gasteiger partial charge is 0.415 e. The molecule has 2 N–H and O–H groups in total. The molecule has 2 atom stereocenters. The molecule has 0 aliphatic rings. The lowest BCUT2D eigenvalue weighted by Crippen LogP contribution is -2.39. The fourth-order valence-corrected chi connectivity index (χ4v) is 1.54. The van der Waals surface area contributed by atoms with Gasteiger partial charge in [0.25, 0.3) is 0 Å². The summed E-state index contributed by atoms with van der Waals surface area (Å²) in [5.74, 6) is 0.596. The van der Waals surface area contributed by atoms with Gasteiger partial charge in [0.15, 0.2) is 6.10 Å². The zero-order chi connectivity index (χ0) is 13.8. The third-order valence-electron chi connectivity index (χ3n) is 2.60. The van der Waals surface area contributed by atoms with Crippen molar-refractivity contribution < 1.29 is 23.0 Å². The molecule has 0 aliphatic heterocycles. The molecule has 1 aromatic carbocycles. The summed E-state index contributed by atoms with van der Waals surface area (Å²) < 4.78 is 41.5. The molecule has 0 spiro atoms. The van der Waals surface area contributed by atoms with Crippen LogP contribution in [0.2, 0.25) is 0 Å². The minimum absolute atomic E-state index is 0.349. The molecule has 0 heterocycles. The molecule has 0 aromatic heterocycles. The summed E-state index contributed by atoms with van der Waals surface area (Å²) in [5, 5.41) is 11.5. The van der Waals surface area contributed by atoms with Crippen molar-refractivity contribution in [1.29, 1.82) is 0 Å². The molecule has 3 nitrogen and oxygen atoms in total. The largest absolute Gasteiger partial charge is 0.496 e. The van der Waals surface area contributed by atoms with Crippen molar-refractivity contribution in [3.05, 3.63) is 29.8 Å². The predicted molar refractivity (Wildman–Crippen MR) is 61.5 cm³/mol. The Bertz CT molecular complexity index is 382. The number of halogens is 3. The molecule has 1 rings (SSSR count). The van der Waals surface area contributed by atoms with E-state index >= 15 is 0 Å². The molecular weight excluding hydrogens is 247 g/mol. The van der Waals surface area contributed by atoms with E-state index in [4.69, 9.17) is 9.84 Å². The van der Waals surface area contributed by atoms with Gasteiger partial charge in [0.1, 0.15) is 5.75 Å². The number of alkyl halides is 3. The van der Waals surface area contributed by atoms with Gasteiger partial charge in [-0.05, 0) is 13.0 Å². The van der Waals surface area contributed by atoms with E-state index in [0.29, 0.717) is 5.75 Å². The highest BCUT2D eigenvalue weighted by Gasteiger charge is 2.38. The third-order valence-corrected chi connectivity index (χ3v) is 2.60. The molecule has 0 radical (unpaired) electrons. The lowest BCUT2D eigenvalue weighted by molar-refractivity contribution is -0.202. The number of aliphatic hydroxyl groups excluding tert-OH is 1. The van der Waals surface area contributed by atoms with Crippen LogP contribution in [0, 0.1) is 0 Å². The first-order valence-electron chi connectivity index (χ1n) is 5.47. The topological polar surface area (TPSA) is 41.5 Å². The van der Waals surface area contributed by atoms with Crippen molar-refractivity contribution in [3.63, 3.8) is 0 Å². The molecule has 0 fully saturated rings. The van der Waals surface area contributed by atoms with Gasteiger partial charge < -0.3 is 15.2 Å². The summed E-state index contributed by atoms with van der Waals surface area (Å²) in [6.07, 6.45) is -6.97. The first-order chi connectivity index (χ1) is 8.36. The number of methoxy groups -OCH3 is 1. The molecule has 1 aromatic rings. The Morgan fingerprint density at radius 3 is 2.50 bits per heavy atom. The van der Waals surface area contributed by atoms with Gasteiger partial charge in [-0.1, -0.05) is 18.2 Å². The Kier molecular flexibility index (Phi) is 4.98. The van der Waals surface area contributed by atoms with E-state index in [1.54, 1.807) is 31.2 Å². The zero-order valence-corrected chi connectivity index (χ0v) is 10.2. The maximum absolute atomic E-state index is 12.1. The van der Waals surface area contributed by atoms with Gasteiger partial charge in [-0.3, -0.25) is 0 Å². The number of aliphatic hydroxyl groups is 1. The fraction of sp³-hybridized carbons (Fsp3) is 0.500. The van der Waals surface area contributed by atoms with Gasteiger partial charge in [-0.25, -0.2) is 0 Å². The minimum Gasteiger partial charge on any atom is -0.496 e. The predicted octanol–water partition coefficient (Wildman–Crippen LogP) is 2.27. The average Bonchev–Trinajstić information content (AvgIpc) is 2.34. The monoisotopic (exact) mass is 263 g/mol. The van der Waals surface area contributed by atoms with E-state index in [1.165, 1.54) is 7.11 Å². The Balaban J connectivity index is 2.63. The van der Waals surface area contributed by atoms with Crippen LogP contribution in [0.3, 0.4) is 0 Å². The highest BCUT2D eigenvalue weighted by Crippen LogP contribution is 2.25. The number of hydrogen-bond acceptors (Lipinski definition) is 3. The summed E-state index contributed by atoms with van der Waals surface area (Å²) in [4.78, 5) is 0. The zero-order valence-electron chi connectivity index (χ0n) is 10.2. The molecule has 0 saturated heterocycles. The average molecular weight is 263 g/mol. The summed E-state index contributed by atoms with van der Waals surface area (Å²) in [6.45, 7) is 1.16. The number of rotatable bonds is 5. The van der Waals surface area contributed by atoms with Gasteiger partial charge in [-0.15, -0.1) is 0 Å². The number of nitrogens with one attached hydrogen (secondary N) is 1. The molecule has 6 heteroatoms. The van der Waals surface area contributed by atoms with E-state index < -0.39 is 18.8 Å². The molecule has 0 amide bonds. The molecule has 102 valence electrons. The van der Waals surface area contributed by atoms with Gasteiger partial charge in [-0.2, -0.15) is 13.2 Å². The van der Waals surface area contributed by atoms with Crippen molar-refractivity contribution in [2.75, 3.05) is 13.7 Å². The molecule has 0 bridgehead atoms. The van der Waals surface area contributed by atoms with E-state index in [2.05, 4.69) is 5.32 Å². The van der Waals surface area contributed by atoms with Crippen LogP contribution >= 0.6 is 0 Å². The lowest BCUT2D eigenvalue weighted by Gasteiger charge is -2.20. The molecule has 2 unspecified atom stereocenters. The van der Waals surface area contributed by atoms with Crippen LogP contribution < -0.4 is 10.1 Å². The number of hydrogen-bond donors (Lipinski definition) is 2. The lowest BCUT2D eigenvalue weighted by atomic mass is 10.1. The van der Waals surface area contributed by atoms with Gasteiger partial charge >= 0.3 is 6.18 Å². The Labute approximate surface area is 104 Å². The highest BCUT2D eigenvalue weighted by molar-refractivity contribution is 5.35. The first kappa shape index (κ1) is 14.8. The van der Waals surface area contributed by atoms with Crippen molar-refractivity contribution in [2.24, 2.45) is 0 Å². The SMILES string of the molecule is COc1ccccc1C(C)NCC(O)C(F)(F)F. The van der Waals surface area contributed by atoms with E-state index in [0.717, 1.165) is 5.56 Å². The van der Waals surface area contributed by atoms with Gasteiger partial charge in [0.2, 0.25) is 0 Å². The van der Waals surface area contributed by atoms with E-state index in [-0.39, 0.29) is 6.04 Å². The third kappa shape index (κ3) is 3.89. The Hall–Kier alpha value is -1.27. The van der Waals surface area contributed by atoms with Crippen LogP contribution in [0.1, 0.15) is 18.5 Å². The number of benzene rings is 1. The molecular formula is C12H16F3NO2. The molecule has 0 saturated carbocycles. The van der Waals surface area contributed by atoms with Crippen molar-refractivity contribution in [1.82, 2.24) is 5.32 Å². The van der Waals surface area contributed by atoms with Gasteiger partial charge in [0.05, 0.1) is 7.11 Å². The summed E-state index contributed by atoms with van der Waals surface area (Å²) in [6, 6.07) is 6.69. The maximum atomic E-state index is 12.1. The first-order valence-corrected chi connectivity index (χ1v) is 5.47. The summed E-state index contributed by atoms with van der Waals surface area (Å²) in [7, 11) is 1.50. The summed E-state index contributed by atoms with van der Waals surface area (Å²) >= 11 is 0. The maximum Gasteiger partial charge on any atom is 0.415 e. The van der Waals surface area contributed by atoms with Crippen molar-refractivity contribution >= 4 is 0 Å². The minimum atomic E-state index is -4.60. The van der Waals surface area contributed by atoms with Crippen LogP contribution in [-0.2, 0) is 0 Å². The van der Waals surface area contributed by atoms with Crippen molar-refractivity contribution in [2.45, 2.75) is 25.2 Å². The normalized spacial score (nSPS) is 15.2. The number of para-hydroxylation sites is 1. The second kappa shape index (κ2) is 6.06. The standard InChI is InChI=1S/C12H16F3NO2/c1-8(16-7-11(17)12(13,14)15)9-5-3-4-6-10(9)18-2/h3-6,8,11,16-17H,7H2,1-2H3. The summed E-state index contributed by atoms with van der Waals surface area (Å²) in [5.41, 5.74) is 0.745. The van der Waals surface area contributed by atoms with Gasteiger partial charge in [0, 0.05) is 18.2 Å². The second-order valence-corrected chi connectivity index (χ2v) is 3.93. The van der Waals surface area contributed by atoms with Crippen LogP contribution in [0.4, 0.5) is 13.2 Å². The quantitative estimate of drug-likeness (QED) is 0.856. The Morgan fingerprint density at radius 2 is 1.94 bits per heavy atom. The van der Waals surface area contributed by atoms with Crippen LogP contribution in [-0.4, -0.2) is 31.0 Å². The van der Waals surface area contributed by atoms with E-state index in [1.807, 2.05) is 0 Å².